The number of rotatable bonds is 3. The first-order valence-corrected chi connectivity index (χ1v) is 6.26. The molecular weight excluding hydrogens is 204 g/mol. The Labute approximate surface area is 94.4 Å². The molecule has 0 aliphatic carbocycles. The highest BCUT2D eigenvalue weighted by atomic mass is 32.1. The molecule has 1 N–H and O–H groups in total. The Morgan fingerprint density at radius 1 is 1.33 bits per heavy atom. The van der Waals surface area contributed by atoms with Gasteiger partial charge in [0.15, 0.2) is 0 Å². The van der Waals surface area contributed by atoms with E-state index < -0.39 is 0 Å². The summed E-state index contributed by atoms with van der Waals surface area (Å²) in [5, 5.41) is 13.5. The standard InChI is InChI=1S/C13H16OS/c1-3-9(2)12(14)11-6-4-5-10-7-8-15-13(10)11/h4-9,12,14H,3H2,1-2H3. The fraction of sp³-hybridized carbons (Fsp3) is 0.385. The zero-order valence-electron chi connectivity index (χ0n) is 9.10. The Bertz CT molecular complexity index is 446. The lowest BCUT2D eigenvalue weighted by atomic mass is 9.95. The maximum Gasteiger partial charge on any atom is 0.0829 e. The average molecular weight is 220 g/mol. The van der Waals surface area contributed by atoms with Crippen LogP contribution in [-0.2, 0) is 0 Å². The van der Waals surface area contributed by atoms with Crippen molar-refractivity contribution in [3.8, 4) is 0 Å². The molecule has 1 aromatic carbocycles. The maximum atomic E-state index is 10.2. The van der Waals surface area contributed by atoms with Crippen molar-refractivity contribution in [2.45, 2.75) is 26.4 Å². The van der Waals surface area contributed by atoms with Crippen LogP contribution in [0.3, 0.4) is 0 Å². The van der Waals surface area contributed by atoms with Crippen LogP contribution in [0.2, 0.25) is 0 Å². The summed E-state index contributed by atoms with van der Waals surface area (Å²) in [6.07, 6.45) is 0.667. The normalized spacial score (nSPS) is 15.4. The monoisotopic (exact) mass is 220 g/mol. The molecular formula is C13H16OS. The van der Waals surface area contributed by atoms with Crippen LogP contribution in [0.25, 0.3) is 10.1 Å². The molecule has 2 aromatic rings. The number of hydrogen-bond acceptors (Lipinski definition) is 2. The first-order chi connectivity index (χ1) is 7.24. The van der Waals surface area contributed by atoms with Crippen LogP contribution in [0.4, 0.5) is 0 Å². The number of benzene rings is 1. The van der Waals surface area contributed by atoms with E-state index >= 15 is 0 Å². The smallest absolute Gasteiger partial charge is 0.0829 e. The van der Waals surface area contributed by atoms with E-state index in [2.05, 4.69) is 31.4 Å². The second kappa shape index (κ2) is 4.33. The molecule has 2 unspecified atom stereocenters. The topological polar surface area (TPSA) is 20.2 Å². The highest BCUT2D eigenvalue weighted by Crippen LogP contribution is 2.33. The Kier molecular flexibility index (Phi) is 3.08. The molecule has 0 radical (unpaired) electrons. The van der Waals surface area contributed by atoms with Crippen LogP contribution in [0.1, 0.15) is 31.9 Å². The fourth-order valence-corrected chi connectivity index (χ4v) is 2.73. The Morgan fingerprint density at radius 2 is 2.13 bits per heavy atom. The summed E-state index contributed by atoms with van der Waals surface area (Å²) in [5.41, 5.74) is 1.08. The van der Waals surface area contributed by atoms with E-state index in [-0.39, 0.29) is 6.10 Å². The second-order valence-corrected chi connectivity index (χ2v) is 4.93. The summed E-state index contributed by atoms with van der Waals surface area (Å²) in [7, 11) is 0. The molecule has 80 valence electrons. The number of hydrogen-bond donors (Lipinski definition) is 1. The van der Waals surface area contributed by atoms with Gasteiger partial charge in [0.05, 0.1) is 6.10 Å². The van der Waals surface area contributed by atoms with Crippen LogP contribution in [0, 0.1) is 5.92 Å². The van der Waals surface area contributed by atoms with Gasteiger partial charge in [-0.3, -0.25) is 0 Å². The minimum Gasteiger partial charge on any atom is -0.388 e. The molecule has 1 aromatic heterocycles. The molecule has 0 aliphatic rings. The van der Waals surface area contributed by atoms with Gasteiger partial charge in [0, 0.05) is 4.70 Å². The summed E-state index contributed by atoms with van der Waals surface area (Å²) in [4.78, 5) is 0. The SMILES string of the molecule is CCC(C)C(O)c1cccc2ccsc12. The predicted molar refractivity (Wildman–Crippen MR) is 66.2 cm³/mol. The summed E-state index contributed by atoms with van der Waals surface area (Å²) < 4.78 is 1.23. The van der Waals surface area contributed by atoms with Gasteiger partial charge in [0.1, 0.15) is 0 Å². The van der Waals surface area contributed by atoms with Crippen LogP contribution >= 0.6 is 11.3 Å². The van der Waals surface area contributed by atoms with E-state index in [1.54, 1.807) is 11.3 Å². The number of thiophene rings is 1. The summed E-state index contributed by atoms with van der Waals surface area (Å²) >= 11 is 1.71. The van der Waals surface area contributed by atoms with Gasteiger partial charge in [-0.1, -0.05) is 38.5 Å². The molecule has 1 heterocycles. The second-order valence-electron chi connectivity index (χ2n) is 4.02. The van der Waals surface area contributed by atoms with Crippen molar-refractivity contribution in [3.05, 3.63) is 35.2 Å². The average Bonchev–Trinajstić information content (AvgIpc) is 2.74. The molecule has 2 atom stereocenters. The van der Waals surface area contributed by atoms with E-state index in [0.717, 1.165) is 12.0 Å². The van der Waals surface area contributed by atoms with Gasteiger partial charge in [0.2, 0.25) is 0 Å². The van der Waals surface area contributed by atoms with E-state index in [1.807, 2.05) is 12.1 Å². The quantitative estimate of drug-likeness (QED) is 0.829. The lowest BCUT2D eigenvalue weighted by Crippen LogP contribution is -2.07. The van der Waals surface area contributed by atoms with Crippen molar-refractivity contribution in [2.75, 3.05) is 0 Å². The maximum absolute atomic E-state index is 10.2. The van der Waals surface area contributed by atoms with Crippen molar-refractivity contribution < 1.29 is 5.11 Å². The first kappa shape index (κ1) is 10.7. The van der Waals surface area contributed by atoms with Crippen molar-refractivity contribution in [1.29, 1.82) is 0 Å². The first-order valence-electron chi connectivity index (χ1n) is 5.38. The summed E-state index contributed by atoms with van der Waals surface area (Å²) in [5.74, 6) is 0.317. The van der Waals surface area contributed by atoms with Gasteiger partial charge in [-0.2, -0.15) is 0 Å². The van der Waals surface area contributed by atoms with Gasteiger partial charge in [0.25, 0.3) is 0 Å². The van der Waals surface area contributed by atoms with Gasteiger partial charge in [-0.25, -0.2) is 0 Å². The van der Waals surface area contributed by atoms with E-state index in [9.17, 15) is 5.11 Å². The molecule has 0 bridgehead atoms. The number of aliphatic hydroxyl groups excluding tert-OH is 1. The lowest BCUT2D eigenvalue weighted by Gasteiger charge is -2.18. The van der Waals surface area contributed by atoms with E-state index in [1.165, 1.54) is 10.1 Å². The minimum atomic E-state index is -0.336. The number of aliphatic hydroxyl groups is 1. The van der Waals surface area contributed by atoms with Crippen molar-refractivity contribution in [1.82, 2.24) is 0 Å². The van der Waals surface area contributed by atoms with Gasteiger partial charge < -0.3 is 5.11 Å². The zero-order chi connectivity index (χ0) is 10.8. The molecule has 15 heavy (non-hydrogen) atoms. The highest BCUT2D eigenvalue weighted by Gasteiger charge is 2.17. The zero-order valence-corrected chi connectivity index (χ0v) is 9.92. The third-order valence-corrected chi connectivity index (χ3v) is 3.99. The van der Waals surface area contributed by atoms with Crippen molar-refractivity contribution >= 4 is 21.4 Å². The van der Waals surface area contributed by atoms with Crippen LogP contribution in [-0.4, -0.2) is 5.11 Å². The summed E-state index contributed by atoms with van der Waals surface area (Å²) in [6, 6.07) is 8.26. The molecule has 0 fully saturated rings. The Hall–Kier alpha value is -0.860. The Balaban J connectivity index is 2.46. The molecule has 0 saturated heterocycles. The summed E-state index contributed by atoms with van der Waals surface area (Å²) in [6.45, 7) is 4.21. The Morgan fingerprint density at radius 3 is 2.87 bits per heavy atom. The van der Waals surface area contributed by atoms with Gasteiger partial charge >= 0.3 is 0 Å². The van der Waals surface area contributed by atoms with Crippen molar-refractivity contribution in [3.63, 3.8) is 0 Å². The van der Waals surface area contributed by atoms with Gasteiger partial charge in [-0.05, 0) is 28.3 Å². The predicted octanol–water partition coefficient (Wildman–Crippen LogP) is 3.98. The van der Waals surface area contributed by atoms with Crippen LogP contribution in [0.5, 0.6) is 0 Å². The molecule has 1 nitrogen and oxygen atoms in total. The molecule has 0 saturated carbocycles. The lowest BCUT2D eigenvalue weighted by molar-refractivity contribution is 0.117. The van der Waals surface area contributed by atoms with Crippen LogP contribution < -0.4 is 0 Å². The minimum absolute atomic E-state index is 0.317. The molecule has 0 amide bonds. The molecule has 2 rings (SSSR count). The van der Waals surface area contributed by atoms with E-state index in [0.29, 0.717) is 5.92 Å². The third kappa shape index (κ3) is 1.92. The number of fused-ring (bicyclic) bond motifs is 1. The fourth-order valence-electron chi connectivity index (χ4n) is 1.78. The van der Waals surface area contributed by atoms with Crippen LogP contribution in [0.15, 0.2) is 29.6 Å². The highest BCUT2D eigenvalue weighted by molar-refractivity contribution is 7.17. The molecule has 0 spiro atoms. The van der Waals surface area contributed by atoms with Crippen molar-refractivity contribution in [2.24, 2.45) is 5.92 Å². The third-order valence-electron chi connectivity index (χ3n) is 3.01. The largest absolute Gasteiger partial charge is 0.388 e. The van der Waals surface area contributed by atoms with E-state index in [4.69, 9.17) is 0 Å². The van der Waals surface area contributed by atoms with Gasteiger partial charge in [-0.15, -0.1) is 11.3 Å². The molecule has 0 aliphatic heterocycles. The molecule has 2 heteroatoms.